The molecule has 0 saturated carbocycles. The Bertz CT molecular complexity index is 794. The maximum Gasteiger partial charge on any atom is 0.123 e. The summed E-state index contributed by atoms with van der Waals surface area (Å²) in [5, 5.41) is 22.6. The Morgan fingerprint density at radius 3 is 1.41 bits per heavy atom. The highest BCUT2D eigenvalue weighted by molar-refractivity contribution is 5.56. The number of rotatable bonds is 5. The summed E-state index contributed by atoms with van der Waals surface area (Å²) in [7, 11) is 0. The molecule has 2 heteroatoms. The molecule has 0 amide bonds. The van der Waals surface area contributed by atoms with E-state index in [-0.39, 0.29) is 16.7 Å². The molecule has 0 aliphatic rings. The summed E-state index contributed by atoms with van der Waals surface area (Å²) in [5.41, 5.74) is 5.80. The molecule has 2 N–H and O–H groups in total. The average molecular weight is 397 g/mol. The minimum atomic E-state index is -0.147. The van der Waals surface area contributed by atoms with E-state index in [1.165, 1.54) is 0 Å². The third kappa shape index (κ3) is 5.15. The van der Waals surface area contributed by atoms with Crippen molar-refractivity contribution in [3.63, 3.8) is 0 Å². The molecule has 2 rings (SSSR count). The summed E-state index contributed by atoms with van der Waals surface area (Å²) in [6.45, 7) is 19.2. The summed E-state index contributed by atoms with van der Waals surface area (Å²) in [6, 6.07) is 8.38. The lowest BCUT2D eigenvalue weighted by molar-refractivity contribution is 0.424. The zero-order valence-corrected chi connectivity index (χ0v) is 19.9. The molecular formula is C27H40O2. The molecule has 0 bridgehead atoms. The van der Waals surface area contributed by atoms with Crippen LogP contribution in [0.15, 0.2) is 24.3 Å². The van der Waals surface area contributed by atoms with Crippen LogP contribution in [-0.4, -0.2) is 10.2 Å². The Balaban J connectivity index is 2.79. The first kappa shape index (κ1) is 23.3. The van der Waals surface area contributed by atoms with Gasteiger partial charge in [0.15, 0.2) is 0 Å². The van der Waals surface area contributed by atoms with E-state index in [1.807, 2.05) is 0 Å². The van der Waals surface area contributed by atoms with Gasteiger partial charge in [0.1, 0.15) is 11.5 Å². The van der Waals surface area contributed by atoms with Gasteiger partial charge in [0, 0.05) is 17.0 Å². The summed E-state index contributed by atoms with van der Waals surface area (Å²) in [6.07, 6.45) is 3.02. The van der Waals surface area contributed by atoms with Gasteiger partial charge in [-0.2, -0.15) is 0 Å². The van der Waals surface area contributed by atoms with Gasteiger partial charge in [0.2, 0.25) is 0 Å². The first-order chi connectivity index (χ1) is 13.3. The average Bonchev–Trinajstić information content (AvgIpc) is 2.58. The molecule has 0 aromatic heterocycles. The van der Waals surface area contributed by atoms with Crippen molar-refractivity contribution in [2.24, 2.45) is 0 Å². The van der Waals surface area contributed by atoms with Gasteiger partial charge in [-0.15, -0.1) is 0 Å². The van der Waals surface area contributed by atoms with Crippen LogP contribution < -0.4 is 0 Å². The van der Waals surface area contributed by atoms with E-state index in [0.717, 1.165) is 52.6 Å². The van der Waals surface area contributed by atoms with Gasteiger partial charge < -0.3 is 10.2 Å². The highest BCUT2D eigenvalue weighted by Gasteiger charge is 2.29. The largest absolute Gasteiger partial charge is 0.507 e. The minimum Gasteiger partial charge on any atom is -0.507 e. The highest BCUT2D eigenvalue weighted by atomic mass is 16.3. The molecule has 0 spiro atoms. The molecule has 2 aromatic rings. The summed E-state index contributed by atoms with van der Waals surface area (Å²) >= 11 is 0. The lowest BCUT2D eigenvalue weighted by Crippen LogP contribution is -2.15. The first-order valence-electron chi connectivity index (χ1n) is 10.9. The standard InChI is InChI=1S/C27H40O2/c1-10-11-12-19(20-13-17(2)15-22(24(20)28)26(4,5)6)21-14-18(3)16-23(25(21)29)27(7,8)9/h13-16,19,28-29H,10-12H2,1-9H3. The van der Waals surface area contributed by atoms with Crippen LogP contribution in [0, 0.1) is 13.8 Å². The van der Waals surface area contributed by atoms with E-state index in [0.29, 0.717) is 11.5 Å². The van der Waals surface area contributed by atoms with Crippen LogP contribution in [-0.2, 0) is 10.8 Å². The fourth-order valence-corrected chi connectivity index (χ4v) is 4.18. The van der Waals surface area contributed by atoms with Crippen molar-refractivity contribution < 1.29 is 10.2 Å². The van der Waals surface area contributed by atoms with Crippen LogP contribution in [0.3, 0.4) is 0 Å². The normalized spacial score (nSPS) is 12.6. The van der Waals surface area contributed by atoms with Crippen molar-refractivity contribution in [2.75, 3.05) is 0 Å². The van der Waals surface area contributed by atoms with Gasteiger partial charge in [0.25, 0.3) is 0 Å². The lowest BCUT2D eigenvalue weighted by atomic mass is 9.77. The zero-order valence-electron chi connectivity index (χ0n) is 19.9. The van der Waals surface area contributed by atoms with Crippen LogP contribution in [0.1, 0.15) is 107 Å². The fourth-order valence-electron chi connectivity index (χ4n) is 4.18. The molecule has 0 atom stereocenters. The van der Waals surface area contributed by atoms with E-state index in [1.54, 1.807) is 0 Å². The number of hydrogen-bond acceptors (Lipinski definition) is 2. The Morgan fingerprint density at radius 1 is 0.724 bits per heavy atom. The predicted octanol–water partition coefficient (Wildman–Crippen LogP) is 7.63. The Kier molecular flexibility index (Phi) is 6.77. The highest BCUT2D eigenvalue weighted by Crippen LogP contribution is 2.46. The second kappa shape index (κ2) is 8.42. The van der Waals surface area contributed by atoms with E-state index in [4.69, 9.17) is 0 Å². The second-order valence-corrected chi connectivity index (χ2v) is 10.7. The fraction of sp³-hybridized carbons (Fsp3) is 0.556. The lowest BCUT2D eigenvalue weighted by Gasteiger charge is -2.29. The van der Waals surface area contributed by atoms with Crippen LogP contribution in [0.25, 0.3) is 0 Å². The molecule has 0 radical (unpaired) electrons. The second-order valence-electron chi connectivity index (χ2n) is 10.7. The van der Waals surface area contributed by atoms with Gasteiger partial charge >= 0.3 is 0 Å². The third-order valence-electron chi connectivity index (χ3n) is 5.78. The molecule has 0 aliphatic carbocycles. The number of hydrogen-bond donors (Lipinski definition) is 2. The summed E-state index contributed by atoms with van der Waals surface area (Å²) in [5.74, 6) is 0.724. The zero-order chi connectivity index (χ0) is 22.1. The Morgan fingerprint density at radius 2 is 1.10 bits per heavy atom. The molecule has 0 fully saturated rings. The molecule has 0 aliphatic heterocycles. The molecule has 0 saturated heterocycles. The van der Waals surface area contributed by atoms with Crippen LogP contribution in [0.2, 0.25) is 0 Å². The Hall–Kier alpha value is -1.96. The first-order valence-corrected chi connectivity index (χ1v) is 10.9. The minimum absolute atomic E-state index is 0.0306. The van der Waals surface area contributed by atoms with Crippen LogP contribution in [0.4, 0.5) is 0 Å². The number of unbranched alkanes of at least 4 members (excludes halogenated alkanes) is 1. The van der Waals surface area contributed by atoms with E-state index >= 15 is 0 Å². The smallest absolute Gasteiger partial charge is 0.123 e. The van der Waals surface area contributed by atoms with Gasteiger partial charge in [-0.05, 0) is 42.2 Å². The molecule has 160 valence electrons. The Labute approximate surface area is 178 Å². The predicted molar refractivity (Wildman–Crippen MR) is 124 cm³/mol. The van der Waals surface area contributed by atoms with E-state index in [9.17, 15) is 10.2 Å². The SMILES string of the molecule is CCCCC(c1cc(C)cc(C(C)(C)C)c1O)c1cc(C)cc(C(C)(C)C)c1O. The number of phenolic OH excluding ortho intramolecular Hbond substituents is 2. The van der Waals surface area contributed by atoms with Crippen molar-refractivity contribution in [3.8, 4) is 11.5 Å². The van der Waals surface area contributed by atoms with Gasteiger partial charge in [0.05, 0.1) is 0 Å². The van der Waals surface area contributed by atoms with E-state index < -0.39 is 0 Å². The topological polar surface area (TPSA) is 40.5 Å². The number of benzene rings is 2. The van der Waals surface area contributed by atoms with Crippen molar-refractivity contribution >= 4 is 0 Å². The van der Waals surface area contributed by atoms with Gasteiger partial charge in [-0.1, -0.05) is 96.7 Å². The van der Waals surface area contributed by atoms with Crippen LogP contribution >= 0.6 is 0 Å². The molecule has 2 aromatic carbocycles. The summed E-state index contributed by atoms with van der Waals surface area (Å²) < 4.78 is 0. The molecule has 0 unspecified atom stereocenters. The quantitative estimate of drug-likeness (QED) is 0.545. The number of aromatic hydroxyl groups is 2. The van der Waals surface area contributed by atoms with Crippen LogP contribution in [0.5, 0.6) is 11.5 Å². The monoisotopic (exact) mass is 396 g/mol. The van der Waals surface area contributed by atoms with Gasteiger partial charge in [-0.3, -0.25) is 0 Å². The van der Waals surface area contributed by atoms with Crippen molar-refractivity contribution in [1.82, 2.24) is 0 Å². The number of phenols is 2. The molecule has 0 heterocycles. The van der Waals surface area contributed by atoms with Crippen molar-refractivity contribution in [1.29, 1.82) is 0 Å². The van der Waals surface area contributed by atoms with Gasteiger partial charge in [-0.25, -0.2) is 0 Å². The van der Waals surface area contributed by atoms with Crippen molar-refractivity contribution in [2.45, 2.75) is 98.3 Å². The van der Waals surface area contributed by atoms with E-state index in [2.05, 4.69) is 86.6 Å². The third-order valence-corrected chi connectivity index (χ3v) is 5.78. The van der Waals surface area contributed by atoms with Crippen molar-refractivity contribution in [3.05, 3.63) is 57.6 Å². The summed E-state index contributed by atoms with van der Waals surface area (Å²) in [4.78, 5) is 0. The number of aryl methyl sites for hydroxylation is 2. The molecule has 29 heavy (non-hydrogen) atoms. The maximum atomic E-state index is 11.3. The molecular weight excluding hydrogens is 356 g/mol. The molecule has 2 nitrogen and oxygen atoms in total. The maximum absolute atomic E-state index is 11.3.